The van der Waals surface area contributed by atoms with Gasteiger partial charge in [-0.25, -0.2) is 17.1 Å². The van der Waals surface area contributed by atoms with Crippen molar-refractivity contribution in [3.63, 3.8) is 0 Å². The Kier molecular flexibility index (Phi) is 7.53. The van der Waals surface area contributed by atoms with Crippen LogP contribution in [-0.4, -0.2) is 68.1 Å². The Bertz CT molecular complexity index is 1010. The van der Waals surface area contributed by atoms with Gasteiger partial charge in [-0.1, -0.05) is 30.3 Å². The van der Waals surface area contributed by atoms with Gasteiger partial charge in [0.25, 0.3) is 0 Å². The molecule has 10 heteroatoms. The molecule has 0 amide bonds. The van der Waals surface area contributed by atoms with Gasteiger partial charge in [0.1, 0.15) is 16.8 Å². The maximum Gasteiger partial charge on any atom is 0.220 e. The molecule has 0 aliphatic carbocycles. The van der Waals surface area contributed by atoms with Crippen LogP contribution >= 0.6 is 0 Å². The van der Waals surface area contributed by atoms with Crippen molar-refractivity contribution in [1.29, 1.82) is 0 Å². The molecule has 2 aromatic carbocycles. The fourth-order valence-electron chi connectivity index (χ4n) is 3.97. The van der Waals surface area contributed by atoms with E-state index in [1.54, 1.807) is 31.2 Å². The summed E-state index contributed by atoms with van der Waals surface area (Å²) in [6.45, 7) is -0.128. The van der Waals surface area contributed by atoms with Crippen LogP contribution < -0.4 is 4.74 Å². The Morgan fingerprint density at radius 1 is 1.16 bits per heavy atom. The van der Waals surface area contributed by atoms with Crippen molar-refractivity contribution in [1.82, 2.24) is 4.31 Å². The topological polar surface area (TPSA) is 106 Å². The lowest BCUT2D eigenvalue weighted by Gasteiger charge is -2.50. The molecule has 2 atom stereocenters. The Morgan fingerprint density at radius 2 is 1.78 bits per heavy atom. The smallest absolute Gasteiger partial charge is 0.220 e. The quantitative estimate of drug-likeness (QED) is 0.545. The van der Waals surface area contributed by atoms with Crippen molar-refractivity contribution in [2.24, 2.45) is 0 Å². The van der Waals surface area contributed by atoms with Gasteiger partial charge in [-0.15, -0.1) is 0 Å². The molecule has 0 bridgehead atoms. The minimum Gasteiger partial charge on any atom is -0.497 e. The van der Waals surface area contributed by atoms with Gasteiger partial charge in [0.15, 0.2) is 12.6 Å². The number of aliphatic hydroxyl groups is 2. The fraction of sp³-hybridized carbons (Fsp3) is 0.455. The van der Waals surface area contributed by atoms with Gasteiger partial charge in [0.2, 0.25) is 10.0 Å². The summed E-state index contributed by atoms with van der Waals surface area (Å²) < 4.78 is 59.3. The normalized spacial score (nSPS) is 21.6. The maximum absolute atomic E-state index is 14.9. The Labute approximate surface area is 187 Å². The predicted molar refractivity (Wildman–Crippen MR) is 115 cm³/mol. The van der Waals surface area contributed by atoms with E-state index in [-0.39, 0.29) is 12.1 Å². The molecule has 2 N–H and O–H groups in total. The molecule has 2 aromatic rings. The highest BCUT2D eigenvalue weighted by molar-refractivity contribution is 7.89. The summed E-state index contributed by atoms with van der Waals surface area (Å²) in [5.74, 6) is -0.112. The Balaban J connectivity index is 2.02. The van der Waals surface area contributed by atoms with Crippen LogP contribution in [0.2, 0.25) is 0 Å². The average molecular weight is 470 g/mol. The summed E-state index contributed by atoms with van der Waals surface area (Å²) in [5.41, 5.74) is -1.32. The second kappa shape index (κ2) is 9.82. The van der Waals surface area contributed by atoms with E-state index in [4.69, 9.17) is 14.2 Å². The van der Waals surface area contributed by atoms with E-state index >= 15 is 0 Å². The first-order valence-electron chi connectivity index (χ1n) is 10.1. The monoisotopic (exact) mass is 469 g/mol. The van der Waals surface area contributed by atoms with Gasteiger partial charge in [-0.3, -0.25) is 0 Å². The second-order valence-electron chi connectivity index (χ2n) is 7.67. The molecule has 1 fully saturated rings. The molecule has 1 aliphatic rings. The molecular formula is C22H28FNO7S. The molecule has 0 saturated carbocycles. The van der Waals surface area contributed by atoms with Crippen molar-refractivity contribution < 1.29 is 37.2 Å². The third-order valence-corrected chi connectivity index (χ3v) is 8.07. The molecule has 2 unspecified atom stereocenters. The summed E-state index contributed by atoms with van der Waals surface area (Å²) in [6.07, 6.45) is -1.92. The van der Waals surface area contributed by atoms with Gasteiger partial charge >= 0.3 is 0 Å². The molecule has 1 saturated heterocycles. The van der Waals surface area contributed by atoms with Crippen molar-refractivity contribution >= 4 is 10.0 Å². The zero-order chi connectivity index (χ0) is 23.5. The van der Waals surface area contributed by atoms with Gasteiger partial charge in [0, 0.05) is 19.2 Å². The van der Waals surface area contributed by atoms with E-state index in [1.165, 1.54) is 32.4 Å². The molecule has 3 rings (SSSR count). The van der Waals surface area contributed by atoms with Gasteiger partial charge in [-0.05, 0) is 30.7 Å². The van der Waals surface area contributed by atoms with E-state index in [9.17, 15) is 23.0 Å². The van der Waals surface area contributed by atoms with Gasteiger partial charge in [-0.2, -0.15) is 0 Å². The summed E-state index contributed by atoms with van der Waals surface area (Å²) in [5, 5.41) is 19.0. The van der Waals surface area contributed by atoms with Crippen LogP contribution in [0.3, 0.4) is 0 Å². The standard InChI is InChI=1S/C22H28FNO7S/c1-15-30-21(31-15)22(14-26,18-6-4-5-7-19(18)23)20(13-25)32(27,28)24(2)12-16-8-10-17(29-3)11-9-16/h4-11,15,20-21,25-26H,12-14H2,1-3H3. The van der Waals surface area contributed by atoms with Crippen LogP contribution in [0.1, 0.15) is 18.1 Å². The number of ether oxygens (including phenoxy) is 3. The maximum atomic E-state index is 14.9. The number of hydrogen-bond donors (Lipinski definition) is 2. The highest BCUT2D eigenvalue weighted by Crippen LogP contribution is 2.43. The number of rotatable bonds is 10. The lowest BCUT2D eigenvalue weighted by atomic mass is 9.76. The molecule has 0 radical (unpaired) electrons. The number of methoxy groups -OCH3 is 1. The number of halogens is 1. The molecule has 1 heterocycles. The third-order valence-electron chi connectivity index (χ3n) is 5.79. The zero-order valence-electron chi connectivity index (χ0n) is 18.1. The first-order valence-corrected chi connectivity index (χ1v) is 11.6. The predicted octanol–water partition coefficient (Wildman–Crippen LogP) is 1.61. The molecule has 0 aromatic heterocycles. The molecular weight excluding hydrogens is 441 g/mol. The number of aliphatic hydroxyl groups excluding tert-OH is 2. The van der Waals surface area contributed by atoms with Crippen molar-refractivity contribution in [2.75, 3.05) is 27.4 Å². The summed E-state index contributed by atoms with van der Waals surface area (Å²) in [7, 11) is -1.39. The number of benzene rings is 2. The second-order valence-corrected chi connectivity index (χ2v) is 9.89. The Morgan fingerprint density at radius 3 is 2.28 bits per heavy atom. The minimum absolute atomic E-state index is 0.00953. The minimum atomic E-state index is -4.27. The average Bonchev–Trinajstić information content (AvgIpc) is 2.76. The van der Waals surface area contributed by atoms with Crippen LogP contribution in [0, 0.1) is 5.82 Å². The highest BCUT2D eigenvalue weighted by Gasteiger charge is 2.59. The van der Waals surface area contributed by atoms with Gasteiger partial charge < -0.3 is 24.4 Å². The Hall–Kier alpha value is -2.08. The molecule has 0 spiro atoms. The molecule has 1 aliphatic heterocycles. The van der Waals surface area contributed by atoms with E-state index in [2.05, 4.69) is 0 Å². The van der Waals surface area contributed by atoms with E-state index in [0.29, 0.717) is 11.3 Å². The third kappa shape index (κ3) is 4.39. The lowest BCUT2D eigenvalue weighted by molar-refractivity contribution is -0.401. The first kappa shape index (κ1) is 24.6. The lowest BCUT2D eigenvalue weighted by Crippen LogP contribution is -2.65. The first-order chi connectivity index (χ1) is 15.2. The highest BCUT2D eigenvalue weighted by atomic mass is 32.2. The van der Waals surface area contributed by atoms with Gasteiger partial charge in [0.05, 0.1) is 25.7 Å². The molecule has 8 nitrogen and oxygen atoms in total. The number of sulfonamides is 1. The van der Waals surface area contributed by atoms with E-state index in [0.717, 1.165) is 10.4 Å². The van der Waals surface area contributed by atoms with Crippen LogP contribution in [0.15, 0.2) is 48.5 Å². The van der Waals surface area contributed by atoms with Crippen molar-refractivity contribution in [3.8, 4) is 5.75 Å². The van der Waals surface area contributed by atoms with Crippen LogP contribution in [-0.2, 0) is 31.5 Å². The van der Waals surface area contributed by atoms with Crippen LogP contribution in [0.25, 0.3) is 0 Å². The summed E-state index contributed by atoms with van der Waals surface area (Å²) in [6, 6.07) is 12.3. The zero-order valence-corrected chi connectivity index (χ0v) is 19.0. The summed E-state index contributed by atoms with van der Waals surface area (Å²) in [4.78, 5) is 0. The number of nitrogens with zero attached hydrogens (tertiary/aromatic N) is 1. The largest absolute Gasteiger partial charge is 0.497 e. The van der Waals surface area contributed by atoms with Crippen LogP contribution in [0.5, 0.6) is 5.75 Å². The van der Waals surface area contributed by atoms with Crippen LogP contribution in [0.4, 0.5) is 4.39 Å². The van der Waals surface area contributed by atoms with E-state index < -0.39 is 52.3 Å². The fourth-order valence-corrected chi connectivity index (χ4v) is 5.77. The molecule has 32 heavy (non-hydrogen) atoms. The molecule has 176 valence electrons. The van der Waals surface area contributed by atoms with E-state index in [1.807, 2.05) is 0 Å². The van der Waals surface area contributed by atoms with Crippen molar-refractivity contribution in [2.45, 2.75) is 36.7 Å². The number of hydrogen-bond acceptors (Lipinski definition) is 7. The van der Waals surface area contributed by atoms with Crippen molar-refractivity contribution in [3.05, 3.63) is 65.5 Å². The summed E-state index contributed by atoms with van der Waals surface area (Å²) >= 11 is 0. The SMILES string of the molecule is COc1ccc(CN(C)S(=O)(=O)C(CO)C(CO)(c2ccccc2F)C2OC(C)O2)cc1.